The van der Waals surface area contributed by atoms with Crippen LogP contribution in [-0.2, 0) is 12.8 Å². The van der Waals surface area contributed by atoms with Crippen molar-refractivity contribution in [2.45, 2.75) is 32.7 Å². The van der Waals surface area contributed by atoms with Crippen LogP contribution in [0.2, 0.25) is 0 Å². The van der Waals surface area contributed by atoms with E-state index in [1.165, 1.54) is 13.2 Å². The Kier molecular flexibility index (Phi) is 5.39. The van der Waals surface area contributed by atoms with Gasteiger partial charge in [-0.25, -0.2) is 4.39 Å². The third-order valence-corrected chi connectivity index (χ3v) is 3.58. The van der Waals surface area contributed by atoms with Gasteiger partial charge in [-0.3, -0.25) is 0 Å². The summed E-state index contributed by atoms with van der Waals surface area (Å²) in [6.07, 6.45) is 3.27. The molecular formula is C17H22FNO2. The summed E-state index contributed by atoms with van der Waals surface area (Å²) in [5.74, 6) is 0.930. The summed E-state index contributed by atoms with van der Waals surface area (Å²) in [5.41, 5.74) is 2.08. The first-order valence-electron chi connectivity index (χ1n) is 7.31. The minimum atomic E-state index is -0.326. The molecule has 21 heavy (non-hydrogen) atoms. The number of methoxy groups -OCH3 is 1. The lowest BCUT2D eigenvalue weighted by Gasteiger charge is -2.18. The van der Waals surface area contributed by atoms with Crippen molar-refractivity contribution < 1.29 is 13.5 Å². The van der Waals surface area contributed by atoms with Crippen LogP contribution in [0, 0.1) is 5.82 Å². The molecule has 0 fully saturated rings. The molecule has 0 saturated heterocycles. The lowest BCUT2D eigenvalue weighted by atomic mass is 9.98. The van der Waals surface area contributed by atoms with Gasteiger partial charge in [0.05, 0.1) is 13.4 Å². The normalized spacial score (nSPS) is 12.4. The zero-order chi connectivity index (χ0) is 15.2. The molecule has 1 atom stereocenters. The van der Waals surface area contributed by atoms with Crippen molar-refractivity contribution in [3.63, 3.8) is 0 Å². The summed E-state index contributed by atoms with van der Waals surface area (Å²) in [7, 11) is 1.47. The van der Waals surface area contributed by atoms with Gasteiger partial charge in [-0.1, -0.05) is 19.9 Å². The SMILES string of the molecule is CCNC(Cc1ccc(OC)c(F)c1)c1ccoc1CC. The second-order valence-electron chi connectivity index (χ2n) is 4.94. The smallest absolute Gasteiger partial charge is 0.165 e. The first kappa shape index (κ1) is 15.6. The summed E-state index contributed by atoms with van der Waals surface area (Å²) < 4.78 is 24.3. The molecule has 0 aliphatic rings. The van der Waals surface area contributed by atoms with Crippen LogP contribution in [0.15, 0.2) is 34.9 Å². The van der Waals surface area contributed by atoms with Crippen molar-refractivity contribution in [1.29, 1.82) is 0 Å². The van der Waals surface area contributed by atoms with Crippen molar-refractivity contribution in [2.24, 2.45) is 0 Å². The van der Waals surface area contributed by atoms with Crippen LogP contribution in [-0.4, -0.2) is 13.7 Å². The maximum atomic E-state index is 13.8. The molecular weight excluding hydrogens is 269 g/mol. The van der Waals surface area contributed by atoms with Gasteiger partial charge in [0.15, 0.2) is 11.6 Å². The van der Waals surface area contributed by atoms with Gasteiger partial charge in [0.1, 0.15) is 5.76 Å². The van der Waals surface area contributed by atoms with Crippen molar-refractivity contribution in [3.8, 4) is 5.75 Å². The number of benzene rings is 1. The molecule has 2 aromatic rings. The molecule has 1 unspecified atom stereocenters. The molecule has 0 bridgehead atoms. The molecule has 0 amide bonds. The summed E-state index contributed by atoms with van der Waals surface area (Å²) in [6, 6.07) is 7.22. The Morgan fingerprint density at radius 1 is 1.29 bits per heavy atom. The Morgan fingerprint density at radius 2 is 2.10 bits per heavy atom. The lowest BCUT2D eigenvalue weighted by molar-refractivity contribution is 0.386. The van der Waals surface area contributed by atoms with Crippen molar-refractivity contribution >= 4 is 0 Å². The Bertz CT molecular complexity index is 580. The molecule has 0 spiro atoms. The number of hydrogen-bond donors (Lipinski definition) is 1. The average Bonchev–Trinajstić information content (AvgIpc) is 2.95. The fourth-order valence-corrected chi connectivity index (χ4v) is 2.56. The molecule has 0 saturated carbocycles. The van der Waals surface area contributed by atoms with E-state index in [1.54, 1.807) is 12.3 Å². The Labute approximate surface area is 125 Å². The second kappa shape index (κ2) is 7.27. The zero-order valence-electron chi connectivity index (χ0n) is 12.8. The maximum absolute atomic E-state index is 13.8. The highest BCUT2D eigenvalue weighted by molar-refractivity contribution is 5.31. The van der Waals surface area contributed by atoms with Crippen molar-refractivity contribution in [1.82, 2.24) is 5.32 Å². The molecule has 1 heterocycles. The van der Waals surface area contributed by atoms with Gasteiger partial charge < -0.3 is 14.5 Å². The number of nitrogens with one attached hydrogen (secondary N) is 1. The van der Waals surface area contributed by atoms with E-state index < -0.39 is 0 Å². The minimum absolute atomic E-state index is 0.122. The Hall–Kier alpha value is -1.81. The number of hydrogen-bond acceptors (Lipinski definition) is 3. The highest BCUT2D eigenvalue weighted by atomic mass is 19.1. The minimum Gasteiger partial charge on any atom is -0.494 e. The molecule has 0 aliphatic carbocycles. The first-order valence-corrected chi connectivity index (χ1v) is 7.31. The summed E-state index contributed by atoms with van der Waals surface area (Å²) in [6.45, 7) is 4.98. The maximum Gasteiger partial charge on any atom is 0.165 e. The van der Waals surface area contributed by atoms with E-state index in [4.69, 9.17) is 9.15 Å². The van der Waals surface area contributed by atoms with Gasteiger partial charge in [-0.15, -0.1) is 0 Å². The highest BCUT2D eigenvalue weighted by Gasteiger charge is 2.17. The van der Waals surface area contributed by atoms with E-state index in [-0.39, 0.29) is 17.6 Å². The van der Waals surface area contributed by atoms with Gasteiger partial charge in [0.25, 0.3) is 0 Å². The van der Waals surface area contributed by atoms with Crippen LogP contribution < -0.4 is 10.1 Å². The predicted molar refractivity (Wildman–Crippen MR) is 81.2 cm³/mol. The predicted octanol–water partition coefficient (Wildman–Crippen LogP) is 3.88. The van der Waals surface area contributed by atoms with Gasteiger partial charge in [-0.05, 0) is 36.7 Å². The lowest BCUT2D eigenvalue weighted by Crippen LogP contribution is -2.23. The van der Waals surface area contributed by atoms with E-state index in [0.717, 1.165) is 29.9 Å². The molecule has 114 valence electrons. The van der Waals surface area contributed by atoms with E-state index in [2.05, 4.69) is 19.2 Å². The molecule has 3 nitrogen and oxygen atoms in total. The molecule has 1 aromatic heterocycles. The molecule has 1 aromatic carbocycles. The van der Waals surface area contributed by atoms with Crippen LogP contribution in [0.25, 0.3) is 0 Å². The van der Waals surface area contributed by atoms with E-state index in [1.807, 2.05) is 12.1 Å². The number of likely N-dealkylation sites (N-methyl/N-ethyl adjacent to an activating group) is 1. The number of ether oxygens (including phenoxy) is 1. The van der Waals surface area contributed by atoms with E-state index in [0.29, 0.717) is 6.42 Å². The van der Waals surface area contributed by atoms with Gasteiger partial charge in [0.2, 0.25) is 0 Å². The molecule has 0 radical (unpaired) electrons. The Morgan fingerprint density at radius 3 is 2.71 bits per heavy atom. The number of aryl methyl sites for hydroxylation is 1. The van der Waals surface area contributed by atoms with Crippen LogP contribution in [0.3, 0.4) is 0 Å². The molecule has 4 heteroatoms. The summed E-state index contributed by atoms with van der Waals surface area (Å²) in [5, 5.41) is 3.44. The topological polar surface area (TPSA) is 34.4 Å². The number of rotatable bonds is 7. The van der Waals surface area contributed by atoms with E-state index in [9.17, 15) is 4.39 Å². The van der Waals surface area contributed by atoms with Gasteiger partial charge in [0, 0.05) is 18.0 Å². The summed E-state index contributed by atoms with van der Waals surface area (Å²) >= 11 is 0. The highest BCUT2D eigenvalue weighted by Crippen LogP contribution is 2.26. The average molecular weight is 291 g/mol. The van der Waals surface area contributed by atoms with Crippen LogP contribution in [0.5, 0.6) is 5.75 Å². The zero-order valence-corrected chi connectivity index (χ0v) is 12.8. The molecule has 1 N–H and O–H groups in total. The van der Waals surface area contributed by atoms with Crippen LogP contribution in [0.1, 0.15) is 36.8 Å². The fraction of sp³-hybridized carbons (Fsp3) is 0.412. The third kappa shape index (κ3) is 3.64. The number of furan rings is 1. The van der Waals surface area contributed by atoms with Crippen LogP contribution >= 0.6 is 0 Å². The van der Waals surface area contributed by atoms with E-state index >= 15 is 0 Å². The molecule has 2 rings (SSSR count). The fourth-order valence-electron chi connectivity index (χ4n) is 2.56. The number of halogens is 1. The first-order chi connectivity index (χ1) is 10.2. The van der Waals surface area contributed by atoms with Crippen molar-refractivity contribution in [3.05, 3.63) is 53.2 Å². The quantitative estimate of drug-likeness (QED) is 0.840. The monoisotopic (exact) mass is 291 g/mol. The second-order valence-corrected chi connectivity index (χ2v) is 4.94. The standard InChI is InChI=1S/C17H22FNO2/c1-4-16-13(8-9-21-16)15(19-5-2)11-12-6-7-17(20-3)14(18)10-12/h6-10,15,19H,4-5,11H2,1-3H3. The Balaban J connectivity index is 2.22. The van der Waals surface area contributed by atoms with Crippen molar-refractivity contribution in [2.75, 3.05) is 13.7 Å². The van der Waals surface area contributed by atoms with Gasteiger partial charge in [-0.2, -0.15) is 0 Å². The third-order valence-electron chi connectivity index (χ3n) is 3.58. The van der Waals surface area contributed by atoms with Gasteiger partial charge >= 0.3 is 0 Å². The molecule has 0 aliphatic heterocycles. The summed E-state index contributed by atoms with van der Waals surface area (Å²) in [4.78, 5) is 0. The van der Waals surface area contributed by atoms with Crippen LogP contribution in [0.4, 0.5) is 4.39 Å². The largest absolute Gasteiger partial charge is 0.494 e.